The lowest BCUT2D eigenvalue weighted by molar-refractivity contribution is -0.156. The van der Waals surface area contributed by atoms with E-state index in [4.69, 9.17) is 11.6 Å². The first-order valence-corrected chi connectivity index (χ1v) is 4.47. The number of hydrogen-bond donors (Lipinski definition) is 1. The smallest absolute Gasteiger partial charge is 0.340 e. The number of esters is 2. The zero-order valence-corrected chi connectivity index (χ0v) is 9.33. The quantitative estimate of drug-likeness (QED) is 0.403. The molecule has 1 unspecified atom stereocenters. The van der Waals surface area contributed by atoms with Crippen molar-refractivity contribution >= 4 is 29.4 Å². The van der Waals surface area contributed by atoms with Gasteiger partial charge in [-0.05, 0) is 6.92 Å². The Morgan fingerprint density at radius 1 is 1.13 bits per heavy atom. The first-order valence-electron chi connectivity index (χ1n) is 4.04. The minimum absolute atomic E-state index is 0.655. The van der Waals surface area contributed by atoms with Crippen LogP contribution in [0.4, 0.5) is 0 Å². The normalized spacial score (nSPS) is 11.8. The molecule has 0 aromatic heterocycles. The van der Waals surface area contributed by atoms with Gasteiger partial charge in [0.1, 0.15) is 5.38 Å². The average Bonchev–Trinajstić information content (AvgIpc) is 2.23. The van der Waals surface area contributed by atoms with Gasteiger partial charge in [-0.2, -0.15) is 0 Å². The largest absolute Gasteiger partial charge is 0.467 e. The number of halogens is 1. The highest BCUT2D eigenvalue weighted by molar-refractivity contribution is 6.30. The Labute approximate surface area is 91.9 Å². The Morgan fingerprint density at radius 3 is 1.80 bits per heavy atom. The summed E-state index contributed by atoms with van der Waals surface area (Å²) in [6.45, 7) is 1.41. The summed E-state index contributed by atoms with van der Waals surface area (Å²) in [6.07, 6.45) is 0. The highest BCUT2D eigenvalue weighted by atomic mass is 35.5. The minimum atomic E-state index is -1.48. The molecular weight excluding hydrogens is 226 g/mol. The van der Waals surface area contributed by atoms with Crippen LogP contribution in [-0.4, -0.2) is 43.5 Å². The molecule has 0 aromatic rings. The Hall–Kier alpha value is -1.30. The molecule has 86 valence electrons. The third kappa shape index (κ3) is 4.16. The molecule has 0 bridgehead atoms. The molecule has 0 saturated heterocycles. The van der Waals surface area contributed by atoms with Crippen LogP contribution >= 0.6 is 11.6 Å². The zero-order chi connectivity index (χ0) is 12.0. The van der Waals surface area contributed by atoms with E-state index in [-0.39, 0.29) is 0 Å². The summed E-state index contributed by atoms with van der Waals surface area (Å²) in [4.78, 5) is 33.3. The number of alkyl halides is 1. The van der Waals surface area contributed by atoms with E-state index in [0.29, 0.717) is 0 Å². The van der Waals surface area contributed by atoms with Crippen LogP contribution in [0.2, 0.25) is 0 Å². The van der Waals surface area contributed by atoms with Gasteiger partial charge in [-0.1, -0.05) is 0 Å². The first-order chi connectivity index (χ1) is 6.93. The van der Waals surface area contributed by atoms with Gasteiger partial charge in [0.05, 0.1) is 14.2 Å². The number of nitrogens with one attached hydrogen (secondary N) is 1. The van der Waals surface area contributed by atoms with Crippen molar-refractivity contribution in [2.45, 2.75) is 18.3 Å². The Kier molecular flexibility index (Phi) is 5.69. The molecule has 0 radical (unpaired) electrons. The van der Waals surface area contributed by atoms with Crippen LogP contribution in [0.3, 0.4) is 0 Å². The third-order valence-corrected chi connectivity index (χ3v) is 1.72. The molecule has 0 saturated carbocycles. The molecule has 7 heteroatoms. The van der Waals surface area contributed by atoms with E-state index in [2.05, 4.69) is 14.8 Å². The maximum atomic E-state index is 11.1. The molecule has 0 aliphatic rings. The molecule has 0 aliphatic carbocycles. The van der Waals surface area contributed by atoms with E-state index in [0.717, 1.165) is 14.2 Å². The lowest BCUT2D eigenvalue weighted by Crippen LogP contribution is -2.49. The minimum Gasteiger partial charge on any atom is -0.467 e. The molecule has 1 N–H and O–H groups in total. The molecule has 1 amide bonds. The van der Waals surface area contributed by atoms with Gasteiger partial charge in [-0.15, -0.1) is 11.6 Å². The van der Waals surface area contributed by atoms with Crippen molar-refractivity contribution in [1.29, 1.82) is 0 Å². The summed E-state index contributed by atoms with van der Waals surface area (Å²) in [6, 6.07) is -1.48. The van der Waals surface area contributed by atoms with E-state index >= 15 is 0 Å². The van der Waals surface area contributed by atoms with Crippen molar-refractivity contribution in [3.63, 3.8) is 0 Å². The molecule has 1 atom stereocenters. The number of carbonyl (C=O) groups excluding carboxylic acids is 3. The maximum absolute atomic E-state index is 11.1. The fourth-order valence-corrected chi connectivity index (χ4v) is 0.770. The number of amides is 1. The summed E-state index contributed by atoms with van der Waals surface area (Å²) in [5.41, 5.74) is 0. The SMILES string of the molecule is COC(=O)C(NC(=O)C(C)Cl)C(=O)OC. The van der Waals surface area contributed by atoms with E-state index in [1.54, 1.807) is 0 Å². The average molecular weight is 238 g/mol. The standard InChI is InChI=1S/C8H12ClNO5/c1-4(9)6(11)10-5(7(12)14-2)8(13)15-3/h4-5H,1-3H3,(H,10,11). The monoisotopic (exact) mass is 237 g/mol. The fraction of sp³-hybridized carbons (Fsp3) is 0.625. The Balaban J connectivity index is 4.59. The van der Waals surface area contributed by atoms with Gasteiger partial charge in [0.25, 0.3) is 0 Å². The maximum Gasteiger partial charge on any atom is 0.340 e. The molecule has 6 nitrogen and oxygen atoms in total. The van der Waals surface area contributed by atoms with Crippen LogP contribution in [0.5, 0.6) is 0 Å². The molecule has 0 fully saturated rings. The van der Waals surface area contributed by atoms with Crippen LogP contribution in [0.1, 0.15) is 6.92 Å². The van der Waals surface area contributed by atoms with Gasteiger partial charge in [-0.3, -0.25) is 4.79 Å². The third-order valence-electron chi connectivity index (χ3n) is 1.52. The molecule has 0 rings (SSSR count). The van der Waals surface area contributed by atoms with Crippen molar-refractivity contribution in [1.82, 2.24) is 5.32 Å². The van der Waals surface area contributed by atoms with Crippen molar-refractivity contribution in [3.05, 3.63) is 0 Å². The summed E-state index contributed by atoms with van der Waals surface area (Å²) in [5.74, 6) is -2.47. The van der Waals surface area contributed by atoms with Gasteiger partial charge >= 0.3 is 11.9 Å². The molecule has 0 aromatic carbocycles. The number of ether oxygens (including phenoxy) is 2. The van der Waals surface area contributed by atoms with Crippen molar-refractivity contribution in [3.8, 4) is 0 Å². The van der Waals surface area contributed by atoms with Gasteiger partial charge in [-0.25, -0.2) is 9.59 Å². The second-order valence-corrected chi connectivity index (χ2v) is 3.26. The number of hydrogen-bond acceptors (Lipinski definition) is 5. The van der Waals surface area contributed by atoms with Crippen LogP contribution in [0, 0.1) is 0 Å². The summed E-state index contributed by atoms with van der Waals surface area (Å²) < 4.78 is 8.64. The molecule has 0 heterocycles. The Bertz CT molecular complexity index is 250. The predicted molar refractivity (Wildman–Crippen MR) is 51.3 cm³/mol. The predicted octanol–water partition coefficient (Wildman–Crippen LogP) is -0.556. The molecule has 0 spiro atoms. The van der Waals surface area contributed by atoms with Gasteiger partial charge in [0.15, 0.2) is 0 Å². The summed E-state index contributed by atoms with van der Waals surface area (Å²) >= 11 is 5.45. The van der Waals surface area contributed by atoms with Crippen molar-refractivity contribution in [2.24, 2.45) is 0 Å². The lowest BCUT2D eigenvalue weighted by Gasteiger charge is -2.14. The van der Waals surface area contributed by atoms with E-state index < -0.39 is 29.3 Å². The lowest BCUT2D eigenvalue weighted by atomic mass is 10.3. The van der Waals surface area contributed by atoms with Crippen molar-refractivity contribution < 1.29 is 23.9 Å². The number of methoxy groups -OCH3 is 2. The summed E-state index contributed by atoms with van der Waals surface area (Å²) in [7, 11) is 2.18. The van der Waals surface area contributed by atoms with Gasteiger partial charge in [0.2, 0.25) is 11.9 Å². The molecular formula is C8H12ClNO5. The Morgan fingerprint density at radius 2 is 1.53 bits per heavy atom. The number of rotatable bonds is 4. The van der Waals surface area contributed by atoms with Crippen LogP contribution in [0.25, 0.3) is 0 Å². The van der Waals surface area contributed by atoms with Crippen molar-refractivity contribution in [2.75, 3.05) is 14.2 Å². The summed E-state index contributed by atoms with van der Waals surface area (Å²) in [5, 5.41) is 1.24. The second-order valence-electron chi connectivity index (χ2n) is 2.60. The number of carbonyl (C=O) groups is 3. The zero-order valence-electron chi connectivity index (χ0n) is 8.57. The first kappa shape index (κ1) is 13.7. The van der Waals surface area contributed by atoms with E-state index in [1.165, 1.54) is 6.92 Å². The van der Waals surface area contributed by atoms with Gasteiger partial charge < -0.3 is 14.8 Å². The topological polar surface area (TPSA) is 81.7 Å². The molecule has 15 heavy (non-hydrogen) atoms. The van der Waals surface area contributed by atoms with Crippen LogP contribution < -0.4 is 5.32 Å². The van der Waals surface area contributed by atoms with Gasteiger partial charge in [0, 0.05) is 0 Å². The highest BCUT2D eigenvalue weighted by Gasteiger charge is 2.31. The van der Waals surface area contributed by atoms with Crippen LogP contribution in [-0.2, 0) is 23.9 Å². The van der Waals surface area contributed by atoms with E-state index in [9.17, 15) is 14.4 Å². The fourth-order valence-electron chi connectivity index (χ4n) is 0.707. The highest BCUT2D eigenvalue weighted by Crippen LogP contribution is 1.97. The van der Waals surface area contributed by atoms with Crippen LogP contribution in [0.15, 0.2) is 0 Å². The second kappa shape index (κ2) is 6.23. The van der Waals surface area contributed by atoms with E-state index in [1.807, 2.05) is 0 Å². The molecule has 0 aliphatic heterocycles.